The molecule has 2 aliphatic rings. The first-order valence-electron chi connectivity index (χ1n) is 10.7. The summed E-state index contributed by atoms with van der Waals surface area (Å²) in [6.07, 6.45) is 24.2. The minimum atomic E-state index is -4.67. The predicted octanol–water partition coefficient (Wildman–Crippen LogP) is 5.47. The van der Waals surface area contributed by atoms with E-state index >= 15 is 0 Å². The average molecular weight is 403 g/mol. The fourth-order valence-electron chi connectivity index (χ4n) is 3.63. The van der Waals surface area contributed by atoms with Gasteiger partial charge in [-0.1, -0.05) is 63.9 Å². The van der Waals surface area contributed by atoms with Crippen LogP contribution in [-0.4, -0.2) is 29.8 Å². The van der Waals surface area contributed by atoms with Gasteiger partial charge < -0.3 is 5.43 Å². The molecular formula is C20H38N2O4S. The largest absolute Gasteiger partial charge is 0.394 e. The van der Waals surface area contributed by atoms with Crippen molar-refractivity contribution in [3.05, 3.63) is 11.6 Å². The molecule has 7 heteroatoms. The fraction of sp³-hybridized carbons (Fsp3) is 0.850. The van der Waals surface area contributed by atoms with Crippen molar-refractivity contribution in [3.63, 3.8) is 0 Å². The second-order valence-corrected chi connectivity index (χ2v) is 8.42. The lowest BCUT2D eigenvalue weighted by Crippen LogP contribution is -2.14. The van der Waals surface area contributed by atoms with E-state index < -0.39 is 10.4 Å². The fourth-order valence-corrected chi connectivity index (χ4v) is 3.63. The zero-order valence-corrected chi connectivity index (χ0v) is 17.5. The molecule has 1 heterocycles. The maximum absolute atomic E-state index is 8.74. The zero-order valence-electron chi connectivity index (χ0n) is 16.7. The Hall–Kier alpha value is -0.920. The molecule has 27 heavy (non-hydrogen) atoms. The van der Waals surface area contributed by atoms with Crippen LogP contribution in [0.4, 0.5) is 0 Å². The predicted molar refractivity (Wildman–Crippen MR) is 112 cm³/mol. The standard InChI is InChI=1S/C20H36N2.H2O4S/c1-2-4-8-12-16-19(15-11-7-3-1)20-17-13-9-5-6-10-14-18-21-22-20;1-5(2,3)4/h15,21H,1-14,16-18H2;(H2,1,2,3,4)/b19-15+,22-20-;. The number of allylic oxidation sites excluding steroid dienone is 2. The number of rotatable bonds is 1. The highest BCUT2D eigenvalue weighted by Gasteiger charge is 2.09. The van der Waals surface area contributed by atoms with Crippen molar-refractivity contribution in [2.24, 2.45) is 5.10 Å². The van der Waals surface area contributed by atoms with E-state index in [-0.39, 0.29) is 0 Å². The molecule has 1 aliphatic heterocycles. The molecule has 158 valence electrons. The molecule has 0 unspecified atom stereocenters. The minimum absolute atomic E-state index is 1.05. The maximum atomic E-state index is 8.74. The van der Waals surface area contributed by atoms with Crippen molar-refractivity contribution in [1.82, 2.24) is 5.43 Å². The normalized spacial score (nSPS) is 25.6. The monoisotopic (exact) mass is 402 g/mol. The van der Waals surface area contributed by atoms with Crippen LogP contribution in [0.25, 0.3) is 0 Å². The molecule has 2 rings (SSSR count). The van der Waals surface area contributed by atoms with Gasteiger partial charge in [0.1, 0.15) is 0 Å². The number of hydrogen-bond donors (Lipinski definition) is 3. The van der Waals surface area contributed by atoms with Gasteiger partial charge in [0, 0.05) is 6.54 Å². The second-order valence-electron chi connectivity index (χ2n) is 7.53. The Morgan fingerprint density at radius 1 is 0.741 bits per heavy atom. The SMILES string of the molecule is C1=C(/C2=N\NCCCCCCCC2)CCCCCCCCC/1.O=S(=O)(O)O. The van der Waals surface area contributed by atoms with Crippen LogP contribution in [0.3, 0.4) is 0 Å². The number of hydrazone groups is 1. The van der Waals surface area contributed by atoms with E-state index in [4.69, 9.17) is 22.6 Å². The summed E-state index contributed by atoms with van der Waals surface area (Å²) in [7, 11) is -4.67. The number of nitrogens with zero attached hydrogens (tertiary/aromatic N) is 1. The molecule has 0 radical (unpaired) electrons. The Morgan fingerprint density at radius 2 is 1.22 bits per heavy atom. The van der Waals surface area contributed by atoms with Crippen LogP contribution in [-0.2, 0) is 10.4 Å². The molecule has 0 spiro atoms. The van der Waals surface area contributed by atoms with Gasteiger partial charge in [-0.15, -0.1) is 0 Å². The van der Waals surface area contributed by atoms with E-state index in [1.807, 2.05) is 0 Å². The summed E-state index contributed by atoms with van der Waals surface area (Å²) in [5.74, 6) is 0. The van der Waals surface area contributed by atoms with Crippen LogP contribution in [0, 0.1) is 0 Å². The minimum Gasteiger partial charge on any atom is -0.310 e. The molecular weight excluding hydrogens is 364 g/mol. The molecule has 0 bridgehead atoms. The van der Waals surface area contributed by atoms with E-state index in [0.717, 1.165) is 6.54 Å². The van der Waals surface area contributed by atoms with Gasteiger partial charge in [-0.25, -0.2) is 0 Å². The van der Waals surface area contributed by atoms with Gasteiger partial charge in [0.05, 0.1) is 5.71 Å². The summed E-state index contributed by atoms with van der Waals surface area (Å²) < 4.78 is 31.6. The Bertz CT molecular complexity index is 502. The van der Waals surface area contributed by atoms with Crippen molar-refractivity contribution in [1.29, 1.82) is 0 Å². The summed E-state index contributed by atoms with van der Waals surface area (Å²) in [6, 6.07) is 0. The van der Waals surface area contributed by atoms with Gasteiger partial charge in [-0.3, -0.25) is 9.11 Å². The molecule has 0 aromatic carbocycles. The molecule has 0 amide bonds. The third-order valence-electron chi connectivity index (χ3n) is 5.08. The topological polar surface area (TPSA) is 99.0 Å². The Labute approximate surface area is 165 Å². The summed E-state index contributed by atoms with van der Waals surface area (Å²) in [5, 5.41) is 4.80. The van der Waals surface area contributed by atoms with Gasteiger partial charge >= 0.3 is 10.4 Å². The van der Waals surface area contributed by atoms with Crippen LogP contribution in [0.15, 0.2) is 16.8 Å². The van der Waals surface area contributed by atoms with Crippen LogP contribution >= 0.6 is 0 Å². The number of nitrogens with one attached hydrogen (secondary N) is 1. The van der Waals surface area contributed by atoms with Crippen LogP contribution in [0.1, 0.15) is 103 Å². The molecule has 0 saturated carbocycles. The zero-order chi connectivity index (χ0) is 19.8. The smallest absolute Gasteiger partial charge is 0.310 e. The summed E-state index contributed by atoms with van der Waals surface area (Å²) in [4.78, 5) is 0. The van der Waals surface area contributed by atoms with Gasteiger partial charge in [-0.05, 0) is 50.5 Å². The van der Waals surface area contributed by atoms with E-state index in [1.54, 1.807) is 5.57 Å². The third kappa shape index (κ3) is 15.8. The molecule has 0 aromatic heterocycles. The van der Waals surface area contributed by atoms with Gasteiger partial charge in [0.25, 0.3) is 0 Å². The molecule has 6 nitrogen and oxygen atoms in total. The van der Waals surface area contributed by atoms with E-state index in [0.29, 0.717) is 0 Å². The van der Waals surface area contributed by atoms with Crippen molar-refractivity contribution >= 4 is 16.1 Å². The van der Waals surface area contributed by atoms with Crippen molar-refractivity contribution in [2.75, 3.05) is 6.54 Å². The first kappa shape index (κ1) is 24.1. The summed E-state index contributed by atoms with van der Waals surface area (Å²) in [5.41, 5.74) is 6.29. The molecule has 0 aromatic rings. The first-order chi connectivity index (χ1) is 13.0. The van der Waals surface area contributed by atoms with Crippen LogP contribution < -0.4 is 5.43 Å². The maximum Gasteiger partial charge on any atom is 0.394 e. The molecule has 1 aliphatic carbocycles. The van der Waals surface area contributed by atoms with Crippen molar-refractivity contribution in [2.45, 2.75) is 103 Å². The summed E-state index contributed by atoms with van der Waals surface area (Å²) >= 11 is 0. The second kappa shape index (κ2) is 15.1. The van der Waals surface area contributed by atoms with Gasteiger partial charge in [-0.2, -0.15) is 13.5 Å². The highest BCUT2D eigenvalue weighted by molar-refractivity contribution is 7.79. The molecule has 0 fully saturated rings. The van der Waals surface area contributed by atoms with Crippen molar-refractivity contribution in [3.8, 4) is 0 Å². The lowest BCUT2D eigenvalue weighted by Gasteiger charge is -2.12. The van der Waals surface area contributed by atoms with E-state index in [9.17, 15) is 0 Å². The first-order valence-corrected chi connectivity index (χ1v) is 12.1. The lowest BCUT2D eigenvalue weighted by molar-refractivity contribution is 0.381. The van der Waals surface area contributed by atoms with E-state index in [2.05, 4.69) is 11.5 Å². The molecule has 0 atom stereocenters. The Balaban J connectivity index is 0.000000646. The third-order valence-corrected chi connectivity index (χ3v) is 5.08. The Kier molecular flexibility index (Phi) is 13.4. The highest BCUT2D eigenvalue weighted by atomic mass is 32.3. The Morgan fingerprint density at radius 3 is 1.85 bits per heavy atom. The lowest BCUT2D eigenvalue weighted by atomic mass is 9.97. The van der Waals surface area contributed by atoms with Gasteiger partial charge in [0.15, 0.2) is 0 Å². The van der Waals surface area contributed by atoms with Gasteiger partial charge in [0.2, 0.25) is 0 Å². The van der Waals surface area contributed by atoms with Crippen LogP contribution in [0.2, 0.25) is 0 Å². The average Bonchev–Trinajstić information content (AvgIpc) is 2.69. The van der Waals surface area contributed by atoms with E-state index in [1.165, 1.54) is 108 Å². The van der Waals surface area contributed by atoms with Crippen LogP contribution in [0.5, 0.6) is 0 Å². The number of hydrogen-bond acceptors (Lipinski definition) is 4. The van der Waals surface area contributed by atoms with Crippen molar-refractivity contribution < 1.29 is 17.5 Å². The quantitative estimate of drug-likeness (QED) is 0.505. The highest BCUT2D eigenvalue weighted by Crippen LogP contribution is 2.20. The summed E-state index contributed by atoms with van der Waals surface area (Å²) in [6.45, 7) is 1.05. The molecule has 3 N–H and O–H groups in total. The molecule has 0 saturated heterocycles.